The van der Waals surface area contributed by atoms with Crippen LogP contribution in [0.25, 0.3) is 0 Å². The van der Waals surface area contributed by atoms with E-state index in [4.69, 9.17) is 4.74 Å². The first-order chi connectivity index (χ1) is 10.1. The monoisotopic (exact) mass is 286 g/mol. The molecule has 0 saturated carbocycles. The number of nitro benzene ring substituents is 1. The lowest BCUT2D eigenvalue weighted by Gasteiger charge is -2.10. The highest BCUT2D eigenvalue weighted by Crippen LogP contribution is 2.26. The zero-order chi connectivity index (χ0) is 15.2. The molecule has 0 aromatic heterocycles. The van der Waals surface area contributed by atoms with Gasteiger partial charge in [0.1, 0.15) is 5.75 Å². The number of anilines is 1. The van der Waals surface area contributed by atoms with E-state index in [2.05, 4.69) is 11.4 Å². The minimum atomic E-state index is -0.416. The lowest BCUT2D eigenvalue weighted by molar-refractivity contribution is -0.384. The van der Waals surface area contributed by atoms with Gasteiger partial charge in [-0.1, -0.05) is 29.8 Å². The second-order valence-corrected chi connectivity index (χ2v) is 4.75. The van der Waals surface area contributed by atoms with E-state index in [1.807, 2.05) is 32.0 Å². The highest BCUT2D eigenvalue weighted by Gasteiger charge is 2.10. The van der Waals surface area contributed by atoms with Gasteiger partial charge in [-0.15, -0.1) is 0 Å². The Morgan fingerprint density at radius 2 is 2.05 bits per heavy atom. The molecule has 0 bridgehead atoms. The van der Waals surface area contributed by atoms with Crippen molar-refractivity contribution in [3.05, 3.63) is 63.7 Å². The number of nitrogens with one attached hydrogen (secondary N) is 1. The number of non-ortho nitro benzene ring substituents is 1. The molecule has 5 nitrogen and oxygen atoms in total. The Morgan fingerprint density at radius 1 is 1.24 bits per heavy atom. The molecule has 0 fully saturated rings. The molecular weight excluding hydrogens is 268 g/mol. The van der Waals surface area contributed by atoms with Crippen LogP contribution < -0.4 is 10.1 Å². The lowest BCUT2D eigenvalue weighted by atomic mass is 10.1. The Labute approximate surface area is 123 Å². The van der Waals surface area contributed by atoms with E-state index >= 15 is 0 Å². The van der Waals surface area contributed by atoms with Crippen LogP contribution in [0.4, 0.5) is 11.4 Å². The van der Waals surface area contributed by atoms with E-state index in [0.717, 1.165) is 5.56 Å². The van der Waals surface area contributed by atoms with Crippen LogP contribution in [0.15, 0.2) is 42.5 Å². The lowest BCUT2D eigenvalue weighted by Crippen LogP contribution is -2.01. The smallest absolute Gasteiger partial charge is 0.275 e. The van der Waals surface area contributed by atoms with Crippen molar-refractivity contribution >= 4 is 11.4 Å². The van der Waals surface area contributed by atoms with Crippen molar-refractivity contribution in [2.45, 2.75) is 20.4 Å². The maximum atomic E-state index is 11.0. The van der Waals surface area contributed by atoms with Crippen LogP contribution in [0.1, 0.15) is 18.1 Å². The topological polar surface area (TPSA) is 64.4 Å². The summed E-state index contributed by atoms with van der Waals surface area (Å²) in [5.41, 5.74) is 3.00. The predicted octanol–water partition coefficient (Wildman–Crippen LogP) is 3.91. The molecular formula is C16H18N2O3. The number of rotatable bonds is 6. The van der Waals surface area contributed by atoms with Crippen LogP contribution in [0, 0.1) is 17.0 Å². The highest BCUT2D eigenvalue weighted by atomic mass is 16.6. The molecule has 0 spiro atoms. The highest BCUT2D eigenvalue weighted by molar-refractivity contribution is 5.56. The number of ether oxygens (including phenoxy) is 1. The number of nitrogens with zero attached hydrogens (tertiary/aromatic N) is 1. The summed E-state index contributed by atoms with van der Waals surface area (Å²) in [4.78, 5) is 10.5. The predicted molar refractivity (Wildman–Crippen MR) is 82.8 cm³/mol. The van der Waals surface area contributed by atoms with Gasteiger partial charge in [-0.05, 0) is 19.4 Å². The summed E-state index contributed by atoms with van der Waals surface area (Å²) in [6.45, 7) is 4.95. The minimum Gasteiger partial charge on any atom is -0.494 e. The average Bonchev–Trinajstić information content (AvgIpc) is 2.45. The van der Waals surface area contributed by atoms with Gasteiger partial charge in [0.2, 0.25) is 0 Å². The standard InChI is InChI=1S/C16H18N2O3/c1-3-21-16-9-14(8-15(10-16)18(19)20)17-11-13-6-4-5-12(2)7-13/h4-10,17H,3,11H2,1-2H3. The first kappa shape index (κ1) is 14.8. The Balaban J connectivity index is 2.16. The normalized spacial score (nSPS) is 10.2. The molecule has 0 aliphatic heterocycles. The molecule has 0 unspecified atom stereocenters. The summed E-state index contributed by atoms with van der Waals surface area (Å²) in [5, 5.41) is 14.1. The molecule has 0 radical (unpaired) electrons. The molecule has 0 aliphatic rings. The molecule has 0 saturated heterocycles. The zero-order valence-electron chi connectivity index (χ0n) is 12.1. The van der Waals surface area contributed by atoms with E-state index < -0.39 is 4.92 Å². The first-order valence-electron chi connectivity index (χ1n) is 6.80. The summed E-state index contributed by atoms with van der Waals surface area (Å²) < 4.78 is 5.36. The van der Waals surface area contributed by atoms with Gasteiger partial charge in [-0.3, -0.25) is 10.1 Å². The van der Waals surface area contributed by atoms with Crippen LogP contribution in [0.5, 0.6) is 5.75 Å². The zero-order valence-corrected chi connectivity index (χ0v) is 12.1. The fraction of sp³-hybridized carbons (Fsp3) is 0.250. The third-order valence-corrected chi connectivity index (χ3v) is 2.99. The third kappa shape index (κ3) is 4.21. The summed E-state index contributed by atoms with van der Waals surface area (Å²) in [6.07, 6.45) is 0. The molecule has 1 N–H and O–H groups in total. The van der Waals surface area contributed by atoms with Crippen LogP contribution in [-0.4, -0.2) is 11.5 Å². The van der Waals surface area contributed by atoms with Gasteiger partial charge in [0, 0.05) is 24.4 Å². The summed E-state index contributed by atoms with van der Waals surface area (Å²) in [6, 6.07) is 12.8. The van der Waals surface area contributed by atoms with E-state index in [-0.39, 0.29) is 5.69 Å². The van der Waals surface area contributed by atoms with Gasteiger partial charge in [-0.2, -0.15) is 0 Å². The van der Waals surface area contributed by atoms with Crippen molar-refractivity contribution in [3.8, 4) is 5.75 Å². The molecule has 2 aromatic rings. The van der Waals surface area contributed by atoms with Crippen molar-refractivity contribution in [1.82, 2.24) is 0 Å². The molecule has 21 heavy (non-hydrogen) atoms. The van der Waals surface area contributed by atoms with E-state index in [1.54, 1.807) is 6.07 Å². The minimum absolute atomic E-state index is 0.0210. The quantitative estimate of drug-likeness (QED) is 0.646. The molecule has 0 heterocycles. The van der Waals surface area contributed by atoms with Gasteiger partial charge in [0.05, 0.1) is 17.6 Å². The Kier molecular flexibility index (Phi) is 4.77. The van der Waals surface area contributed by atoms with Crippen LogP contribution in [-0.2, 0) is 6.54 Å². The van der Waals surface area contributed by atoms with E-state index in [1.165, 1.54) is 17.7 Å². The molecule has 110 valence electrons. The van der Waals surface area contributed by atoms with Crippen molar-refractivity contribution < 1.29 is 9.66 Å². The van der Waals surface area contributed by atoms with E-state index in [9.17, 15) is 10.1 Å². The summed E-state index contributed by atoms with van der Waals surface area (Å²) >= 11 is 0. The van der Waals surface area contributed by atoms with E-state index in [0.29, 0.717) is 24.6 Å². The third-order valence-electron chi connectivity index (χ3n) is 2.99. The molecule has 2 aromatic carbocycles. The number of hydrogen-bond donors (Lipinski definition) is 1. The van der Waals surface area contributed by atoms with Crippen molar-refractivity contribution in [2.75, 3.05) is 11.9 Å². The van der Waals surface area contributed by atoms with Gasteiger partial charge in [0.15, 0.2) is 0 Å². The SMILES string of the molecule is CCOc1cc(NCc2cccc(C)c2)cc([N+](=O)[O-])c1. The maximum Gasteiger partial charge on any atom is 0.275 e. The van der Waals surface area contributed by atoms with Crippen molar-refractivity contribution in [2.24, 2.45) is 0 Å². The molecule has 0 aliphatic carbocycles. The van der Waals surface area contributed by atoms with Crippen LogP contribution in [0.2, 0.25) is 0 Å². The van der Waals surface area contributed by atoms with Crippen molar-refractivity contribution in [3.63, 3.8) is 0 Å². The number of benzene rings is 2. The largest absolute Gasteiger partial charge is 0.494 e. The maximum absolute atomic E-state index is 11.0. The van der Waals surface area contributed by atoms with Gasteiger partial charge in [0.25, 0.3) is 5.69 Å². The van der Waals surface area contributed by atoms with Gasteiger partial charge < -0.3 is 10.1 Å². The van der Waals surface area contributed by atoms with Crippen LogP contribution in [0.3, 0.4) is 0 Å². The Morgan fingerprint density at radius 3 is 2.71 bits per heavy atom. The fourth-order valence-corrected chi connectivity index (χ4v) is 2.07. The first-order valence-corrected chi connectivity index (χ1v) is 6.80. The molecule has 5 heteroatoms. The summed E-state index contributed by atoms with van der Waals surface area (Å²) in [5.74, 6) is 0.499. The Hall–Kier alpha value is -2.56. The second kappa shape index (κ2) is 6.74. The van der Waals surface area contributed by atoms with Crippen molar-refractivity contribution in [1.29, 1.82) is 0 Å². The van der Waals surface area contributed by atoms with Gasteiger partial charge in [-0.25, -0.2) is 0 Å². The number of nitro groups is 1. The second-order valence-electron chi connectivity index (χ2n) is 4.75. The average molecular weight is 286 g/mol. The Bertz CT molecular complexity index is 641. The molecule has 0 atom stereocenters. The number of aryl methyl sites for hydroxylation is 1. The number of hydrogen-bond acceptors (Lipinski definition) is 4. The molecule has 0 amide bonds. The fourth-order valence-electron chi connectivity index (χ4n) is 2.07. The van der Waals surface area contributed by atoms with Crippen LogP contribution >= 0.6 is 0 Å². The van der Waals surface area contributed by atoms with Gasteiger partial charge >= 0.3 is 0 Å². The molecule has 2 rings (SSSR count). The summed E-state index contributed by atoms with van der Waals surface area (Å²) in [7, 11) is 0.